The number of halogens is 1. The lowest BCUT2D eigenvalue weighted by Gasteiger charge is -2.06. The molecule has 0 atom stereocenters. The van der Waals surface area contributed by atoms with Gasteiger partial charge in [-0.2, -0.15) is 5.10 Å². The number of hydrogen-bond acceptors (Lipinski definition) is 4. The molecule has 0 aliphatic heterocycles. The Morgan fingerprint density at radius 1 is 1.27 bits per heavy atom. The zero-order chi connectivity index (χ0) is 15.8. The van der Waals surface area contributed by atoms with Crippen molar-refractivity contribution >= 4 is 29.4 Å². The predicted octanol–water partition coefficient (Wildman–Crippen LogP) is 2.91. The minimum Gasteiger partial charge on any atom is -0.497 e. The van der Waals surface area contributed by atoms with Crippen molar-refractivity contribution in [3.05, 3.63) is 59.1 Å². The number of methoxy groups -OCH3 is 1. The first-order chi connectivity index (χ1) is 10.7. The number of rotatable bonds is 6. The fourth-order valence-electron chi connectivity index (χ4n) is 1.72. The molecule has 0 unspecified atom stereocenters. The van der Waals surface area contributed by atoms with Crippen molar-refractivity contribution in [2.45, 2.75) is 0 Å². The van der Waals surface area contributed by atoms with Crippen LogP contribution in [-0.2, 0) is 4.79 Å². The van der Waals surface area contributed by atoms with Crippen molar-refractivity contribution in [2.75, 3.05) is 19.0 Å². The fourth-order valence-corrected chi connectivity index (χ4v) is 1.92. The summed E-state index contributed by atoms with van der Waals surface area (Å²) in [4.78, 5) is 11.7. The minimum atomic E-state index is -0.265. The van der Waals surface area contributed by atoms with Gasteiger partial charge in [-0.25, -0.2) is 5.43 Å². The summed E-state index contributed by atoms with van der Waals surface area (Å²) in [7, 11) is 1.60. The number of carbonyl (C=O) groups is 1. The lowest BCUT2D eigenvalue weighted by Crippen LogP contribution is -2.25. The van der Waals surface area contributed by atoms with E-state index in [2.05, 4.69) is 15.8 Å². The van der Waals surface area contributed by atoms with Crippen LogP contribution in [0.2, 0.25) is 5.02 Å². The van der Waals surface area contributed by atoms with Crippen LogP contribution in [0.4, 0.5) is 5.69 Å². The Kier molecular flexibility index (Phi) is 5.80. The topological polar surface area (TPSA) is 62.7 Å². The van der Waals surface area contributed by atoms with E-state index in [4.69, 9.17) is 16.3 Å². The van der Waals surface area contributed by atoms with Crippen LogP contribution in [0.1, 0.15) is 5.56 Å². The van der Waals surface area contributed by atoms with Crippen LogP contribution < -0.4 is 15.5 Å². The second kappa shape index (κ2) is 8.05. The highest BCUT2D eigenvalue weighted by molar-refractivity contribution is 6.33. The molecule has 0 aliphatic rings. The maximum atomic E-state index is 11.7. The number of anilines is 1. The number of nitrogens with one attached hydrogen (secondary N) is 2. The van der Waals surface area contributed by atoms with E-state index < -0.39 is 0 Å². The Hall–Kier alpha value is -2.53. The van der Waals surface area contributed by atoms with Gasteiger partial charge in [-0.15, -0.1) is 0 Å². The second-order valence-electron chi connectivity index (χ2n) is 4.40. The molecule has 0 saturated heterocycles. The van der Waals surface area contributed by atoms with Crippen molar-refractivity contribution in [3.63, 3.8) is 0 Å². The maximum absolute atomic E-state index is 11.7. The molecule has 0 bridgehead atoms. The van der Waals surface area contributed by atoms with E-state index in [0.717, 1.165) is 11.3 Å². The molecule has 2 aromatic rings. The zero-order valence-corrected chi connectivity index (χ0v) is 12.8. The molecule has 0 fully saturated rings. The van der Waals surface area contributed by atoms with Crippen LogP contribution in [-0.4, -0.2) is 25.8 Å². The van der Waals surface area contributed by atoms with Crippen LogP contribution in [0.3, 0.4) is 0 Å². The van der Waals surface area contributed by atoms with Crippen LogP contribution in [0.25, 0.3) is 0 Å². The smallest absolute Gasteiger partial charge is 0.259 e. The van der Waals surface area contributed by atoms with E-state index >= 15 is 0 Å². The summed E-state index contributed by atoms with van der Waals surface area (Å²) in [6, 6.07) is 14.6. The van der Waals surface area contributed by atoms with Gasteiger partial charge in [-0.05, 0) is 29.8 Å². The standard InChI is InChI=1S/C16H16ClN3O2/c1-22-13-6-4-5-12(9-13)10-19-20-16(21)11-18-15-8-3-2-7-14(15)17/h2-10,18H,11H2,1H3,(H,20,21)/b19-10-. The Balaban J connectivity index is 1.82. The highest BCUT2D eigenvalue weighted by atomic mass is 35.5. The Bertz CT molecular complexity index is 674. The van der Waals surface area contributed by atoms with Gasteiger partial charge in [-0.1, -0.05) is 35.9 Å². The third-order valence-electron chi connectivity index (χ3n) is 2.81. The van der Waals surface area contributed by atoms with Crippen molar-refractivity contribution < 1.29 is 9.53 Å². The molecule has 2 aromatic carbocycles. The van der Waals surface area contributed by atoms with Crippen LogP contribution >= 0.6 is 11.6 Å². The summed E-state index contributed by atoms with van der Waals surface area (Å²) in [6.07, 6.45) is 1.55. The van der Waals surface area contributed by atoms with Crippen LogP contribution in [0, 0.1) is 0 Å². The summed E-state index contributed by atoms with van der Waals surface area (Å²) in [5.41, 5.74) is 3.98. The van der Waals surface area contributed by atoms with E-state index in [1.807, 2.05) is 36.4 Å². The molecule has 0 heterocycles. The van der Waals surface area contributed by atoms with Gasteiger partial charge >= 0.3 is 0 Å². The van der Waals surface area contributed by atoms with Gasteiger partial charge in [0.1, 0.15) is 5.75 Å². The highest BCUT2D eigenvalue weighted by Gasteiger charge is 2.02. The van der Waals surface area contributed by atoms with E-state index in [0.29, 0.717) is 10.7 Å². The number of carbonyl (C=O) groups excluding carboxylic acids is 1. The first-order valence-electron chi connectivity index (χ1n) is 6.63. The fraction of sp³-hybridized carbons (Fsp3) is 0.125. The van der Waals surface area contributed by atoms with Crippen molar-refractivity contribution in [3.8, 4) is 5.75 Å². The average Bonchev–Trinajstić information content (AvgIpc) is 2.54. The van der Waals surface area contributed by atoms with Crippen LogP contribution in [0.5, 0.6) is 5.75 Å². The highest BCUT2D eigenvalue weighted by Crippen LogP contribution is 2.19. The Labute approximate surface area is 133 Å². The lowest BCUT2D eigenvalue weighted by molar-refractivity contribution is -0.119. The number of benzene rings is 2. The molecule has 0 radical (unpaired) electrons. The quantitative estimate of drug-likeness (QED) is 0.636. The summed E-state index contributed by atoms with van der Waals surface area (Å²) in [5, 5.41) is 7.41. The van der Waals surface area contributed by atoms with Gasteiger partial charge in [0.15, 0.2) is 0 Å². The summed E-state index contributed by atoms with van der Waals surface area (Å²) >= 11 is 5.98. The SMILES string of the molecule is COc1cccc(/C=N\NC(=O)CNc2ccccc2Cl)c1. The summed E-state index contributed by atoms with van der Waals surface area (Å²) in [6.45, 7) is 0.0825. The number of para-hydroxylation sites is 1. The predicted molar refractivity (Wildman–Crippen MR) is 88.7 cm³/mol. The molecule has 5 nitrogen and oxygen atoms in total. The molecule has 0 spiro atoms. The van der Waals surface area contributed by atoms with Gasteiger partial charge < -0.3 is 10.1 Å². The molecule has 0 aromatic heterocycles. The lowest BCUT2D eigenvalue weighted by atomic mass is 10.2. The van der Waals surface area contributed by atoms with Gasteiger partial charge in [0.05, 0.1) is 30.6 Å². The van der Waals surface area contributed by atoms with Gasteiger partial charge in [-0.3, -0.25) is 4.79 Å². The largest absolute Gasteiger partial charge is 0.497 e. The normalized spacial score (nSPS) is 10.5. The van der Waals surface area contributed by atoms with Crippen LogP contribution in [0.15, 0.2) is 53.6 Å². The first kappa shape index (κ1) is 15.9. The number of hydrazone groups is 1. The number of ether oxygens (including phenoxy) is 1. The molecular weight excluding hydrogens is 302 g/mol. The summed E-state index contributed by atoms with van der Waals surface area (Å²) < 4.78 is 5.11. The molecular formula is C16H16ClN3O2. The molecule has 6 heteroatoms. The van der Waals surface area contributed by atoms with E-state index in [9.17, 15) is 4.79 Å². The minimum absolute atomic E-state index is 0.0825. The number of nitrogens with zero attached hydrogens (tertiary/aromatic N) is 1. The Morgan fingerprint density at radius 3 is 2.86 bits per heavy atom. The van der Waals surface area contributed by atoms with Crippen molar-refractivity contribution in [1.29, 1.82) is 0 Å². The Morgan fingerprint density at radius 2 is 2.09 bits per heavy atom. The second-order valence-corrected chi connectivity index (χ2v) is 4.81. The van der Waals surface area contributed by atoms with Gasteiger partial charge in [0, 0.05) is 0 Å². The monoisotopic (exact) mass is 317 g/mol. The van der Waals surface area contributed by atoms with Gasteiger partial charge in [0.25, 0.3) is 5.91 Å². The molecule has 114 valence electrons. The molecule has 0 aliphatic carbocycles. The molecule has 22 heavy (non-hydrogen) atoms. The first-order valence-corrected chi connectivity index (χ1v) is 7.01. The van der Waals surface area contributed by atoms with E-state index in [1.165, 1.54) is 0 Å². The van der Waals surface area contributed by atoms with Crippen molar-refractivity contribution in [1.82, 2.24) is 5.43 Å². The molecule has 2 rings (SSSR count). The van der Waals surface area contributed by atoms with Crippen molar-refractivity contribution in [2.24, 2.45) is 5.10 Å². The molecule has 0 saturated carbocycles. The summed E-state index contributed by atoms with van der Waals surface area (Å²) in [5.74, 6) is 0.467. The molecule has 1 amide bonds. The number of amides is 1. The van der Waals surface area contributed by atoms with Gasteiger partial charge in [0.2, 0.25) is 0 Å². The molecule has 2 N–H and O–H groups in total. The third kappa shape index (κ3) is 4.79. The number of hydrogen-bond donors (Lipinski definition) is 2. The average molecular weight is 318 g/mol. The maximum Gasteiger partial charge on any atom is 0.259 e. The van der Waals surface area contributed by atoms with E-state index in [1.54, 1.807) is 25.5 Å². The third-order valence-corrected chi connectivity index (χ3v) is 3.14. The zero-order valence-electron chi connectivity index (χ0n) is 12.0. The van der Waals surface area contributed by atoms with E-state index in [-0.39, 0.29) is 12.5 Å².